The van der Waals surface area contributed by atoms with Crippen LogP contribution in [0.25, 0.3) is 0 Å². The van der Waals surface area contributed by atoms with E-state index >= 15 is 0 Å². The molecule has 5 atom stereocenters. The van der Waals surface area contributed by atoms with Crippen LogP contribution in [0.2, 0.25) is 0 Å². The molecule has 0 aliphatic rings. The Morgan fingerprint density at radius 2 is 0.628 bits per heavy atom. The molecule has 0 aromatic heterocycles. The van der Waals surface area contributed by atoms with Gasteiger partial charge in [0.2, 0.25) is 0 Å². The maximum atomic E-state index is 13.0. The van der Waals surface area contributed by atoms with E-state index in [-0.39, 0.29) is 25.7 Å². The van der Waals surface area contributed by atoms with E-state index in [4.69, 9.17) is 37.0 Å². The van der Waals surface area contributed by atoms with Crippen LogP contribution in [0.15, 0.2) is 24.3 Å². The zero-order valence-corrected chi connectivity index (χ0v) is 57.0. The van der Waals surface area contributed by atoms with E-state index in [1.165, 1.54) is 96.3 Å². The van der Waals surface area contributed by atoms with Crippen LogP contribution in [0, 0.1) is 17.8 Å². The summed E-state index contributed by atoms with van der Waals surface area (Å²) in [4.78, 5) is 72.3. The molecule has 0 spiro atoms. The molecule has 0 rings (SSSR count). The van der Waals surface area contributed by atoms with Crippen LogP contribution in [0.1, 0.15) is 305 Å². The van der Waals surface area contributed by atoms with E-state index < -0.39 is 97.5 Å². The van der Waals surface area contributed by atoms with Crippen LogP contribution >= 0.6 is 15.6 Å². The summed E-state index contributed by atoms with van der Waals surface area (Å²) >= 11 is 0. The lowest BCUT2D eigenvalue weighted by molar-refractivity contribution is -0.161. The second-order valence-electron chi connectivity index (χ2n) is 25.0. The number of rotatable bonds is 63. The number of allylic oxidation sites excluding steroid dienone is 4. The zero-order valence-electron chi connectivity index (χ0n) is 55.3. The standard InChI is InChI=1S/C67H126O17P2/c1-8-9-10-11-12-13-14-15-16-17-18-19-28-36-43-50-66(71)83-62(55-78-65(70)49-42-35-29-22-25-32-39-46-59(4)5)56-81-85(73,74)79-52-61(68)53-80-86(75,76)82-57-63(84-67(72)51-44-37-30-23-26-33-40-47-60(6)7)54-77-64(69)48-41-34-27-21-20-24-31-38-45-58(2)3/h13-16,58-63,68H,8-12,17-57H2,1-7H3,(H,73,74)(H,75,76)/b14-13-,16-15-/t61?,62-,63-/m1/s1. The molecule has 3 N–H and O–H groups in total. The maximum absolute atomic E-state index is 13.0. The molecular weight excluding hydrogens is 1140 g/mol. The van der Waals surface area contributed by atoms with Crippen LogP contribution in [-0.2, 0) is 65.4 Å². The largest absolute Gasteiger partial charge is 0.472 e. The van der Waals surface area contributed by atoms with Gasteiger partial charge in [-0.15, -0.1) is 0 Å². The van der Waals surface area contributed by atoms with Crippen LogP contribution in [-0.4, -0.2) is 96.7 Å². The first-order chi connectivity index (χ1) is 41.2. The molecule has 506 valence electrons. The normalized spacial score (nSPS) is 14.5. The van der Waals surface area contributed by atoms with E-state index in [1.54, 1.807) is 0 Å². The predicted molar refractivity (Wildman–Crippen MR) is 344 cm³/mol. The van der Waals surface area contributed by atoms with Crippen molar-refractivity contribution >= 4 is 39.5 Å². The first-order valence-corrected chi connectivity index (χ1v) is 37.2. The van der Waals surface area contributed by atoms with Gasteiger partial charge in [-0.05, 0) is 69.1 Å². The minimum absolute atomic E-state index is 0.0835. The summed E-state index contributed by atoms with van der Waals surface area (Å²) in [6.07, 6.45) is 42.8. The van der Waals surface area contributed by atoms with Crippen molar-refractivity contribution in [2.75, 3.05) is 39.6 Å². The first-order valence-electron chi connectivity index (χ1n) is 34.2. The van der Waals surface area contributed by atoms with Crippen molar-refractivity contribution in [3.63, 3.8) is 0 Å². The SMILES string of the molecule is CCCCCC/C=C\C=C/CCCCCCCC(=O)O[C@H](COC(=O)CCCCCCCCCC(C)C)COP(=O)(O)OCC(O)COP(=O)(O)OC[C@@H](COC(=O)CCCCCCCCCCC(C)C)OC(=O)CCCCCCCCCC(C)C. The summed E-state index contributed by atoms with van der Waals surface area (Å²) in [5.41, 5.74) is 0. The summed E-state index contributed by atoms with van der Waals surface area (Å²) in [6, 6.07) is 0. The van der Waals surface area contributed by atoms with E-state index in [1.807, 2.05) is 0 Å². The molecule has 3 unspecified atom stereocenters. The highest BCUT2D eigenvalue weighted by Crippen LogP contribution is 2.45. The fourth-order valence-electron chi connectivity index (χ4n) is 9.47. The average molecular weight is 1270 g/mol. The van der Waals surface area contributed by atoms with Crippen LogP contribution < -0.4 is 0 Å². The molecule has 0 aliphatic carbocycles. The van der Waals surface area contributed by atoms with Gasteiger partial charge in [0.05, 0.1) is 26.4 Å². The third kappa shape index (κ3) is 60.5. The number of carbonyl (C=O) groups excluding carboxylic acids is 4. The Kier molecular flexibility index (Phi) is 56.0. The molecule has 0 aromatic rings. The topological polar surface area (TPSA) is 237 Å². The van der Waals surface area contributed by atoms with Gasteiger partial charge >= 0.3 is 39.5 Å². The van der Waals surface area contributed by atoms with Gasteiger partial charge < -0.3 is 33.8 Å². The molecule has 0 aliphatic heterocycles. The lowest BCUT2D eigenvalue weighted by Gasteiger charge is -2.21. The lowest BCUT2D eigenvalue weighted by Crippen LogP contribution is -2.30. The minimum Gasteiger partial charge on any atom is -0.462 e. The molecule has 0 radical (unpaired) electrons. The predicted octanol–water partition coefficient (Wildman–Crippen LogP) is 18.2. The van der Waals surface area contributed by atoms with E-state index in [9.17, 15) is 43.2 Å². The third-order valence-electron chi connectivity index (χ3n) is 14.8. The highest BCUT2D eigenvalue weighted by molar-refractivity contribution is 7.47. The van der Waals surface area contributed by atoms with Crippen molar-refractivity contribution < 1.29 is 80.2 Å². The minimum atomic E-state index is -4.96. The monoisotopic (exact) mass is 1260 g/mol. The average Bonchev–Trinajstić information content (AvgIpc) is 3.67. The van der Waals surface area contributed by atoms with Crippen molar-refractivity contribution in [1.29, 1.82) is 0 Å². The van der Waals surface area contributed by atoms with Crippen molar-refractivity contribution in [1.82, 2.24) is 0 Å². The molecule has 0 saturated carbocycles. The molecule has 0 fully saturated rings. The van der Waals surface area contributed by atoms with Crippen LogP contribution in [0.4, 0.5) is 0 Å². The molecule has 19 heteroatoms. The number of unbranched alkanes of at least 4 members (excludes halogenated alkanes) is 28. The Bertz CT molecular complexity index is 1790. The Morgan fingerprint density at radius 3 is 0.942 bits per heavy atom. The highest BCUT2D eigenvalue weighted by atomic mass is 31.2. The number of phosphoric ester groups is 2. The summed E-state index contributed by atoms with van der Waals surface area (Å²) in [5.74, 6) is -0.0452. The van der Waals surface area contributed by atoms with Crippen molar-refractivity contribution in [2.24, 2.45) is 17.8 Å². The van der Waals surface area contributed by atoms with Gasteiger partial charge in [-0.2, -0.15) is 0 Å². The van der Waals surface area contributed by atoms with Crippen LogP contribution in [0.3, 0.4) is 0 Å². The molecule has 86 heavy (non-hydrogen) atoms. The summed E-state index contributed by atoms with van der Waals surface area (Å²) in [5, 5.41) is 10.5. The molecule has 0 amide bonds. The maximum Gasteiger partial charge on any atom is 0.472 e. The van der Waals surface area contributed by atoms with Crippen molar-refractivity contribution in [3.8, 4) is 0 Å². The van der Waals surface area contributed by atoms with Crippen molar-refractivity contribution in [3.05, 3.63) is 24.3 Å². The molecule has 0 bridgehead atoms. The number of carbonyl (C=O) groups is 4. The summed E-state index contributed by atoms with van der Waals surface area (Å²) in [6.45, 7) is 11.6. The van der Waals surface area contributed by atoms with Crippen molar-refractivity contribution in [2.45, 2.75) is 324 Å². The molecule has 0 heterocycles. The number of aliphatic hydroxyl groups excluding tert-OH is 1. The second-order valence-corrected chi connectivity index (χ2v) is 27.9. The number of hydrogen-bond acceptors (Lipinski definition) is 15. The summed E-state index contributed by atoms with van der Waals surface area (Å²) < 4.78 is 68.0. The first kappa shape index (κ1) is 83.5. The summed E-state index contributed by atoms with van der Waals surface area (Å²) in [7, 11) is -9.91. The molecule has 0 aromatic carbocycles. The fourth-order valence-corrected chi connectivity index (χ4v) is 11.0. The number of ether oxygens (including phenoxy) is 4. The molecule has 0 saturated heterocycles. The number of esters is 4. The van der Waals surface area contributed by atoms with Gasteiger partial charge in [0, 0.05) is 25.7 Å². The van der Waals surface area contributed by atoms with Gasteiger partial charge in [0.25, 0.3) is 0 Å². The van der Waals surface area contributed by atoms with Gasteiger partial charge in [-0.3, -0.25) is 37.3 Å². The Balaban J connectivity index is 5.28. The van der Waals surface area contributed by atoms with Gasteiger partial charge in [-0.25, -0.2) is 9.13 Å². The zero-order chi connectivity index (χ0) is 63.8. The highest BCUT2D eigenvalue weighted by Gasteiger charge is 2.30. The smallest absolute Gasteiger partial charge is 0.462 e. The Labute approximate surface area is 522 Å². The quantitative estimate of drug-likeness (QED) is 0.0169. The van der Waals surface area contributed by atoms with E-state index in [0.29, 0.717) is 37.5 Å². The Hall–Kier alpha value is -2.46. The third-order valence-corrected chi connectivity index (χ3v) is 16.7. The van der Waals surface area contributed by atoms with E-state index in [0.717, 1.165) is 115 Å². The second kappa shape index (κ2) is 57.7. The molecule has 17 nitrogen and oxygen atoms in total. The number of aliphatic hydroxyl groups is 1. The van der Waals surface area contributed by atoms with Gasteiger partial charge in [-0.1, -0.05) is 253 Å². The van der Waals surface area contributed by atoms with Gasteiger partial charge in [0.1, 0.15) is 19.3 Å². The number of phosphoric acid groups is 2. The van der Waals surface area contributed by atoms with Crippen LogP contribution in [0.5, 0.6) is 0 Å². The number of hydrogen-bond donors (Lipinski definition) is 3. The Morgan fingerprint density at radius 1 is 0.360 bits per heavy atom. The molecular formula is C67H126O17P2. The van der Waals surface area contributed by atoms with Gasteiger partial charge in [0.15, 0.2) is 12.2 Å². The van der Waals surface area contributed by atoms with E-state index in [2.05, 4.69) is 72.8 Å². The fraction of sp³-hybridized carbons (Fsp3) is 0.881. The lowest BCUT2D eigenvalue weighted by atomic mass is 10.0.